The molecule has 3 aliphatic rings. The highest BCUT2D eigenvalue weighted by Gasteiger charge is 2.40. The molecule has 3 fully saturated rings. The van der Waals surface area contributed by atoms with Crippen LogP contribution in [0.1, 0.15) is 19.3 Å². The van der Waals surface area contributed by atoms with Crippen molar-refractivity contribution in [2.45, 2.75) is 25.3 Å². The van der Waals surface area contributed by atoms with E-state index in [9.17, 15) is 13.2 Å². The average Bonchev–Trinajstić information content (AvgIpc) is 2.16. The Kier molecular flexibility index (Phi) is 2.83. The van der Waals surface area contributed by atoms with Gasteiger partial charge in [-0.3, -0.25) is 9.69 Å². The van der Waals surface area contributed by atoms with Crippen molar-refractivity contribution >= 4 is 15.8 Å². The normalized spacial score (nSPS) is 35.8. The minimum atomic E-state index is -3.44. The predicted molar refractivity (Wildman–Crippen MR) is 55.7 cm³/mol. The van der Waals surface area contributed by atoms with Gasteiger partial charge in [-0.25, -0.2) is 13.6 Å². The molecule has 0 aromatic carbocycles. The van der Waals surface area contributed by atoms with Crippen LogP contribution in [0.3, 0.4) is 0 Å². The summed E-state index contributed by atoms with van der Waals surface area (Å²) in [5, 5.41) is 4.94. The van der Waals surface area contributed by atoms with Crippen LogP contribution in [0.4, 0.5) is 0 Å². The van der Waals surface area contributed by atoms with Crippen LogP contribution in [-0.2, 0) is 14.8 Å². The van der Waals surface area contributed by atoms with Gasteiger partial charge in [0.2, 0.25) is 10.0 Å². The van der Waals surface area contributed by atoms with Gasteiger partial charge in [0.15, 0.2) is 5.78 Å². The summed E-state index contributed by atoms with van der Waals surface area (Å²) in [6.07, 6.45) is 2.23. The number of sulfonamides is 1. The minimum Gasteiger partial charge on any atom is -0.298 e. The van der Waals surface area contributed by atoms with Crippen LogP contribution < -0.4 is 5.14 Å². The third-order valence-corrected chi connectivity index (χ3v) is 4.18. The zero-order valence-electron chi connectivity index (χ0n) is 8.55. The van der Waals surface area contributed by atoms with E-state index in [2.05, 4.69) is 4.90 Å². The maximum absolute atomic E-state index is 11.8. The van der Waals surface area contributed by atoms with Crippen LogP contribution in [-0.4, -0.2) is 44.0 Å². The minimum absolute atomic E-state index is 0.0906. The Morgan fingerprint density at radius 1 is 1.33 bits per heavy atom. The molecule has 0 aromatic heterocycles. The van der Waals surface area contributed by atoms with Gasteiger partial charge in [-0.15, -0.1) is 0 Å². The van der Waals surface area contributed by atoms with E-state index in [1.54, 1.807) is 0 Å². The maximum Gasteiger partial charge on any atom is 0.209 e. The fraction of sp³-hybridized carbons (Fsp3) is 0.889. The number of ketones is 1. The Hall–Kier alpha value is -0.460. The van der Waals surface area contributed by atoms with Crippen molar-refractivity contribution in [3.63, 3.8) is 0 Å². The van der Waals surface area contributed by atoms with Crippen molar-refractivity contribution in [3.05, 3.63) is 0 Å². The molecule has 0 saturated carbocycles. The smallest absolute Gasteiger partial charge is 0.209 e. The van der Waals surface area contributed by atoms with Gasteiger partial charge in [0.1, 0.15) is 0 Å². The van der Waals surface area contributed by atoms with E-state index in [1.807, 2.05) is 0 Å². The third kappa shape index (κ3) is 2.38. The highest BCUT2D eigenvalue weighted by molar-refractivity contribution is 7.89. The Labute approximate surface area is 89.7 Å². The molecule has 2 N–H and O–H groups in total. The first-order valence-electron chi connectivity index (χ1n) is 5.25. The number of rotatable bonds is 3. The van der Waals surface area contributed by atoms with Gasteiger partial charge in [0.05, 0.1) is 11.8 Å². The van der Waals surface area contributed by atoms with E-state index in [0.29, 0.717) is 6.42 Å². The van der Waals surface area contributed by atoms with Gasteiger partial charge in [0, 0.05) is 5.92 Å². The second kappa shape index (κ2) is 3.84. The molecule has 86 valence electrons. The van der Waals surface area contributed by atoms with Crippen LogP contribution in [0.5, 0.6) is 0 Å². The molecule has 1 atom stereocenters. The lowest BCUT2D eigenvalue weighted by molar-refractivity contribution is -0.136. The third-order valence-electron chi connectivity index (χ3n) is 3.38. The summed E-state index contributed by atoms with van der Waals surface area (Å²) in [6, 6.07) is -0.198. The number of nitrogens with two attached hydrogens (primary N) is 1. The topological polar surface area (TPSA) is 80.5 Å². The molecule has 2 bridgehead atoms. The van der Waals surface area contributed by atoms with E-state index < -0.39 is 10.0 Å². The number of hydrogen-bond acceptors (Lipinski definition) is 4. The fourth-order valence-corrected chi connectivity index (χ4v) is 3.10. The molecule has 0 radical (unpaired) electrons. The van der Waals surface area contributed by atoms with E-state index in [1.165, 1.54) is 0 Å². The van der Waals surface area contributed by atoms with Crippen molar-refractivity contribution < 1.29 is 13.2 Å². The summed E-state index contributed by atoms with van der Waals surface area (Å²) in [6.45, 7) is 1.84. The molecule has 0 amide bonds. The van der Waals surface area contributed by atoms with E-state index >= 15 is 0 Å². The van der Waals surface area contributed by atoms with Crippen molar-refractivity contribution in [2.75, 3.05) is 18.8 Å². The molecule has 3 heterocycles. The molecule has 5 nitrogen and oxygen atoms in total. The highest BCUT2D eigenvalue weighted by atomic mass is 32.2. The van der Waals surface area contributed by atoms with E-state index in [-0.39, 0.29) is 23.5 Å². The number of nitrogens with zero attached hydrogens (tertiary/aromatic N) is 1. The monoisotopic (exact) mass is 232 g/mol. The zero-order valence-corrected chi connectivity index (χ0v) is 9.37. The first-order chi connectivity index (χ1) is 6.97. The Morgan fingerprint density at radius 2 is 1.93 bits per heavy atom. The highest BCUT2D eigenvalue weighted by Crippen LogP contribution is 2.30. The predicted octanol–water partition coefficient (Wildman–Crippen LogP) is -0.672. The van der Waals surface area contributed by atoms with Gasteiger partial charge < -0.3 is 0 Å². The second-order valence-corrected chi connectivity index (χ2v) is 6.12. The van der Waals surface area contributed by atoms with Crippen LogP contribution in [0.2, 0.25) is 0 Å². The molecule has 0 spiro atoms. The SMILES string of the molecule is NS(=O)(=O)CCC1C(=O)C2CCN1CC2. The lowest BCUT2D eigenvalue weighted by Gasteiger charge is -2.44. The largest absolute Gasteiger partial charge is 0.298 e. The molecule has 3 saturated heterocycles. The summed E-state index contributed by atoms with van der Waals surface area (Å²) in [4.78, 5) is 13.9. The van der Waals surface area contributed by atoms with Crippen molar-refractivity contribution in [1.82, 2.24) is 4.90 Å². The molecule has 3 rings (SSSR count). The molecule has 3 aliphatic heterocycles. The molecule has 0 aromatic rings. The van der Waals surface area contributed by atoms with Gasteiger partial charge in [-0.1, -0.05) is 0 Å². The summed E-state index contributed by atoms with van der Waals surface area (Å²) in [5.74, 6) is 0.295. The second-order valence-electron chi connectivity index (χ2n) is 4.38. The fourth-order valence-electron chi connectivity index (χ4n) is 2.55. The average molecular weight is 232 g/mol. The number of fused-ring (bicyclic) bond motifs is 3. The number of primary sulfonamides is 1. The first kappa shape index (κ1) is 11.0. The lowest BCUT2D eigenvalue weighted by Crippen LogP contribution is -2.55. The Balaban J connectivity index is 2.00. The van der Waals surface area contributed by atoms with Crippen LogP contribution in [0, 0.1) is 5.92 Å². The lowest BCUT2D eigenvalue weighted by atomic mass is 9.81. The van der Waals surface area contributed by atoms with Crippen molar-refractivity contribution in [2.24, 2.45) is 11.1 Å². The van der Waals surface area contributed by atoms with Gasteiger partial charge >= 0.3 is 0 Å². The Bertz CT molecular complexity index is 358. The zero-order chi connectivity index (χ0) is 11.1. The van der Waals surface area contributed by atoms with Gasteiger partial charge in [-0.05, 0) is 32.4 Å². The molecule has 1 unspecified atom stereocenters. The van der Waals surface area contributed by atoms with Crippen molar-refractivity contribution in [1.29, 1.82) is 0 Å². The van der Waals surface area contributed by atoms with Gasteiger partial charge in [-0.2, -0.15) is 0 Å². The summed E-state index contributed by atoms with van der Waals surface area (Å²) < 4.78 is 21.7. The van der Waals surface area contributed by atoms with E-state index in [4.69, 9.17) is 5.14 Å². The summed E-state index contributed by atoms with van der Waals surface area (Å²) in [7, 11) is -3.44. The van der Waals surface area contributed by atoms with E-state index in [0.717, 1.165) is 25.9 Å². The van der Waals surface area contributed by atoms with Crippen LogP contribution >= 0.6 is 0 Å². The number of hydrogen-bond donors (Lipinski definition) is 1. The number of carbonyl (C=O) groups is 1. The van der Waals surface area contributed by atoms with Crippen LogP contribution in [0.25, 0.3) is 0 Å². The summed E-state index contributed by atoms with van der Waals surface area (Å²) >= 11 is 0. The number of piperidine rings is 3. The van der Waals surface area contributed by atoms with Crippen molar-refractivity contribution in [3.8, 4) is 0 Å². The molecular weight excluding hydrogens is 216 g/mol. The molecular formula is C9H16N2O3S. The van der Waals surface area contributed by atoms with Crippen LogP contribution in [0.15, 0.2) is 0 Å². The Morgan fingerprint density at radius 3 is 2.40 bits per heavy atom. The maximum atomic E-state index is 11.8. The number of carbonyl (C=O) groups excluding carboxylic acids is 1. The molecule has 15 heavy (non-hydrogen) atoms. The van der Waals surface area contributed by atoms with Gasteiger partial charge in [0.25, 0.3) is 0 Å². The first-order valence-corrected chi connectivity index (χ1v) is 6.97. The quantitative estimate of drug-likeness (QED) is 0.699. The molecule has 0 aliphatic carbocycles. The standard InChI is InChI=1S/C9H16N2O3S/c10-15(13,14)6-3-8-9(12)7-1-4-11(8)5-2-7/h7-8H,1-6H2,(H2,10,13,14). The molecule has 6 heteroatoms. The summed E-state index contributed by atoms with van der Waals surface area (Å²) in [5.41, 5.74) is 0. The number of Topliss-reactive ketones (excluding diaryl/α,β-unsaturated/α-hetero) is 1.